The zero-order chi connectivity index (χ0) is 8.77. The molecule has 5 nitrogen and oxygen atoms in total. The predicted octanol–water partition coefficient (Wildman–Crippen LogP) is 0.01000. The number of aryl methyl sites for hydroxylation is 1. The summed E-state index contributed by atoms with van der Waals surface area (Å²) >= 11 is 0. The highest BCUT2D eigenvalue weighted by atomic mass is 15.6. The number of nitrogens with zero attached hydrogens (tertiary/aromatic N) is 4. The Morgan fingerprint density at radius 1 is 1.58 bits per heavy atom. The Hall–Kier alpha value is -0.970. The minimum Gasteiger partial charge on any atom is -0.321 e. The molecule has 5 heteroatoms. The Balaban J connectivity index is 2.19. The molecule has 1 aromatic heterocycles. The van der Waals surface area contributed by atoms with Gasteiger partial charge in [-0.1, -0.05) is 6.92 Å². The van der Waals surface area contributed by atoms with E-state index in [1.807, 2.05) is 0 Å². The molecule has 12 heavy (non-hydrogen) atoms. The number of hydrogen-bond donors (Lipinski definition) is 1. The molecule has 0 aliphatic heterocycles. The Kier molecular flexibility index (Phi) is 1.44. The van der Waals surface area contributed by atoms with Crippen molar-refractivity contribution in [1.29, 1.82) is 0 Å². The lowest BCUT2D eigenvalue weighted by Crippen LogP contribution is -2.21. The summed E-state index contributed by atoms with van der Waals surface area (Å²) in [5.74, 6) is 0.664. The maximum atomic E-state index is 5.97. The molecule has 1 atom stereocenters. The number of tetrazole rings is 1. The van der Waals surface area contributed by atoms with E-state index in [0.29, 0.717) is 5.82 Å². The number of rotatable bonds is 2. The highest BCUT2D eigenvalue weighted by molar-refractivity contribution is 5.05. The van der Waals surface area contributed by atoms with Crippen LogP contribution in [0.4, 0.5) is 0 Å². The van der Waals surface area contributed by atoms with E-state index in [-0.39, 0.29) is 11.5 Å². The first kappa shape index (κ1) is 7.67. The molecular weight excluding hydrogens is 154 g/mol. The summed E-state index contributed by atoms with van der Waals surface area (Å²) in [6.07, 6.45) is 2.35. The van der Waals surface area contributed by atoms with Crippen LogP contribution in [-0.4, -0.2) is 20.2 Å². The summed E-state index contributed by atoms with van der Waals surface area (Å²) in [6, 6.07) is -0.0498. The van der Waals surface area contributed by atoms with E-state index in [1.165, 1.54) is 17.6 Å². The quantitative estimate of drug-likeness (QED) is 0.673. The first-order valence-electron chi connectivity index (χ1n) is 4.11. The molecule has 1 aliphatic carbocycles. The van der Waals surface area contributed by atoms with E-state index in [1.54, 1.807) is 7.05 Å². The van der Waals surface area contributed by atoms with Crippen LogP contribution in [0.2, 0.25) is 0 Å². The molecule has 0 aromatic carbocycles. The average molecular weight is 167 g/mol. The van der Waals surface area contributed by atoms with Crippen LogP contribution in [0.5, 0.6) is 0 Å². The first-order chi connectivity index (χ1) is 5.62. The van der Waals surface area contributed by atoms with Gasteiger partial charge in [-0.15, -0.1) is 10.2 Å². The summed E-state index contributed by atoms with van der Waals surface area (Å²) in [7, 11) is 1.75. The molecule has 0 amide bonds. The molecule has 2 rings (SSSR count). The molecule has 66 valence electrons. The van der Waals surface area contributed by atoms with Gasteiger partial charge in [0.05, 0.1) is 13.1 Å². The zero-order valence-corrected chi connectivity index (χ0v) is 7.36. The van der Waals surface area contributed by atoms with E-state index < -0.39 is 0 Å². The van der Waals surface area contributed by atoms with Gasteiger partial charge in [-0.05, 0) is 23.5 Å². The molecule has 1 heterocycles. The van der Waals surface area contributed by atoms with Crippen molar-refractivity contribution in [2.24, 2.45) is 18.2 Å². The van der Waals surface area contributed by atoms with Crippen LogP contribution < -0.4 is 5.73 Å². The van der Waals surface area contributed by atoms with Crippen molar-refractivity contribution in [3.63, 3.8) is 0 Å². The van der Waals surface area contributed by atoms with Crippen LogP contribution in [0.15, 0.2) is 0 Å². The van der Waals surface area contributed by atoms with Gasteiger partial charge in [0.25, 0.3) is 0 Å². The summed E-state index contributed by atoms with van der Waals surface area (Å²) < 4.78 is 0. The van der Waals surface area contributed by atoms with Crippen LogP contribution >= 0.6 is 0 Å². The van der Waals surface area contributed by atoms with Gasteiger partial charge >= 0.3 is 0 Å². The number of hydrogen-bond acceptors (Lipinski definition) is 4. The minimum absolute atomic E-state index is 0.0498. The van der Waals surface area contributed by atoms with Gasteiger partial charge in [0.2, 0.25) is 0 Å². The molecule has 1 saturated carbocycles. The maximum absolute atomic E-state index is 5.97. The van der Waals surface area contributed by atoms with E-state index >= 15 is 0 Å². The van der Waals surface area contributed by atoms with Crippen LogP contribution in [0, 0.1) is 5.41 Å². The molecule has 1 aliphatic rings. The highest BCUT2D eigenvalue weighted by Gasteiger charge is 2.45. The van der Waals surface area contributed by atoms with Gasteiger partial charge < -0.3 is 5.73 Å². The Bertz CT molecular complexity index is 288. The van der Waals surface area contributed by atoms with Crippen molar-refractivity contribution in [2.45, 2.75) is 25.8 Å². The molecule has 2 N–H and O–H groups in total. The van der Waals surface area contributed by atoms with Gasteiger partial charge in [0.1, 0.15) is 0 Å². The van der Waals surface area contributed by atoms with Crippen molar-refractivity contribution in [1.82, 2.24) is 20.2 Å². The molecule has 0 radical (unpaired) electrons. The summed E-state index contributed by atoms with van der Waals surface area (Å²) in [5, 5.41) is 11.7. The van der Waals surface area contributed by atoms with Crippen molar-refractivity contribution in [2.75, 3.05) is 0 Å². The molecule has 0 bridgehead atoms. The first-order valence-corrected chi connectivity index (χ1v) is 4.11. The number of aromatic nitrogens is 4. The molecule has 1 unspecified atom stereocenters. The Morgan fingerprint density at radius 2 is 2.25 bits per heavy atom. The molecule has 0 saturated heterocycles. The highest BCUT2D eigenvalue weighted by Crippen LogP contribution is 2.52. The van der Waals surface area contributed by atoms with Crippen LogP contribution in [0.25, 0.3) is 0 Å². The predicted molar refractivity (Wildman–Crippen MR) is 43.1 cm³/mol. The van der Waals surface area contributed by atoms with Crippen LogP contribution in [-0.2, 0) is 7.05 Å². The third-order valence-electron chi connectivity index (χ3n) is 2.59. The summed E-state index contributed by atoms with van der Waals surface area (Å²) in [4.78, 5) is 1.45. The molecule has 1 aromatic rings. The lowest BCUT2D eigenvalue weighted by atomic mass is 10.00. The lowest BCUT2D eigenvalue weighted by Gasteiger charge is -2.13. The van der Waals surface area contributed by atoms with Gasteiger partial charge in [-0.3, -0.25) is 0 Å². The van der Waals surface area contributed by atoms with Crippen LogP contribution in [0.1, 0.15) is 31.6 Å². The van der Waals surface area contributed by atoms with Crippen LogP contribution in [0.3, 0.4) is 0 Å². The second-order valence-electron chi connectivity index (χ2n) is 3.77. The average Bonchev–Trinajstić information content (AvgIpc) is 2.62. The summed E-state index contributed by atoms with van der Waals surface area (Å²) in [6.45, 7) is 2.16. The van der Waals surface area contributed by atoms with E-state index in [0.717, 1.165) is 0 Å². The van der Waals surface area contributed by atoms with Crippen molar-refractivity contribution in [3.05, 3.63) is 5.82 Å². The van der Waals surface area contributed by atoms with Crippen molar-refractivity contribution >= 4 is 0 Å². The second-order valence-corrected chi connectivity index (χ2v) is 3.77. The maximum Gasteiger partial charge on any atom is 0.191 e. The van der Waals surface area contributed by atoms with Gasteiger partial charge in [-0.2, -0.15) is 4.80 Å². The molecular formula is C7H13N5. The topological polar surface area (TPSA) is 69.6 Å². The smallest absolute Gasteiger partial charge is 0.191 e. The van der Waals surface area contributed by atoms with E-state index in [2.05, 4.69) is 22.3 Å². The third kappa shape index (κ3) is 1.10. The van der Waals surface area contributed by atoms with E-state index in [9.17, 15) is 0 Å². The SMILES string of the molecule is Cn1nnc(C(N)C2(C)CC2)n1. The minimum atomic E-state index is -0.0498. The van der Waals surface area contributed by atoms with Gasteiger partial charge in [0, 0.05) is 0 Å². The second kappa shape index (κ2) is 2.26. The Labute approximate surface area is 70.9 Å². The molecule has 1 fully saturated rings. The van der Waals surface area contributed by atoms with Gasteiger partial charge in [-0.25, -0.2) is 0 Å². The van der Waals surface area contributed by atoms with Crippen molar-refractivity contribution < 1.29 is 0 Å². The fourth-order valence-corrected chi connectivity index (χ4v) is 1.24. The fourth-order valence-electron chi connectivity index (χ4n) is 1.24. The van der Waals surface area contributed by atoms with Gasteiger partial charge in [0.15, 0.2) is 5.82 Å². The zero-order valence-electron chi connectivity index (χ0n) is 7.36. The monoisotopic (exact) mass is 167 g/mol. The standard InChI is InChI=1S/C7H13N5/c1-7(3-4-7)5(8)6-9-11-12(2)10-6/h5H,3-4,8H2,1-2H3. The Morgan fingerprint density at radius 3 is 2.67 bits per heavy atom. The van der Waals surface area contributed by atoms with E-state index in [4.69, 9.17) is 5.73 Å². The fraction of sp³-hybridized carbons (Fsp3) is 0.857. The molecule has 0 spiro atoms. The normalized spacial score (nSPS) is 22.2. The lowest BCUT2D eigenvalue weighted by molar-refractivity contribution is 0.430. The largest absolute Gasteiger partial charge is 0.321 e. The number of nitrogens with two attached hydrogens (primary N) is 1. The van der Waals surface area contributed by atoms with Crippen molar-refractivity contribution in [3.8, 4) is 0 Å². The third-order valence-corrected chi connectivity index (χ3v) is 2.59. The summed E-state index contributed by atoms with van der Waals surface area (Å²) in [5.41, 5.74) is 6.19.